The number of rotatable bonds is 8. The van der Waals surface area contributed by atoms with E-state index in [4.69, 9.17) is 10.5 Å². The number of nitrogens with two attached hydrogens (primary N) is 1. The maximum absolute atomic E-state index is 12.0. The van der Waals surface area contributed by atoms with E-state index in [9.17, 15) is 4.79 Å². The SMILES string of the molecule is CCn1ncc(N)c1C(=O)NCCCOCC(C)C. The number of carbonyl (C=O) groups is 1. The number of aromatic nitrogens is 2. The molecule has 0 unspecified atom stereocenters. The van der Waals surface area contributed by atoms with Crippen molar-refractivity contribution in [2.75, 3.05) is 25.5 Å². The van der Waals surface area contributed by atoms with Crippen LogP contribution >= 0.6 is 0 Å². The van der Waals surface area contributed by atoms with Crippen molar-refractivity contribution < 1.29 is 9.53 Å². The molecule has 1 aromatic heterocycles. The molecule has 0 aliphatic carbocycles. The van der Waals surface area contributed by atoms with Gasteiger partial charge in [0.15, 0.2) is 0 Å². The molecule has 0 fully saturated rings. The third-order valence-corrected chi connectivity index (χ3v) is 2.58. The number of amides is 1. The molecule has 0 saturated heterocycles. The van der Waals surface area contributed by atoms with Crippen molar-refractivity contribution in [3.05, 3.63) is 11.9 Å². The summed E-state index contributed by atoms with van der Waals surface area (Å²) in [6.07, 6.45) is 2.29. The van der Waals surface area contributed by atoms with Crippen LogP contribution in [0.25, 0.3) is 0 Å². The van der Waals surface area contributed by atoms with Crippen LogP contribution in [0.2, 0.25) is 0 Å². The Kier molecular flexibility index (Phi) is 6.35. The first kappa shape index (κ1) is 15.5. The van der Waals surface area contributed by atoms with Gasteiger partial charge in [0.05, 0.1) is 11.9 Å². The van der Waals surface area contributed by atoms with E-state index >= 15 is 0 Å². The summed E-state index contributed by atoms with van der Waals surface area (Å²) < 4.78 is 7.04. The monoisotopic (exact) mass is 268 g/mol. The van der Waals surface area contributed by atoms with Crippen LogP contribution in [0.15, 0.2) is 6.20 Å². The highest BCUT2D eigenvalue weighted by atomic mass is 16.5. The van der Waals surface area contributed by atoms with Gasteiger partial charge in [0.25, 0.3) is 5.91 Å². The first-order valence-electron chi connectivity index (χ1n) is 6.73. The number of hydrogen-bond donors (Lipinski definition) is 2. The number of nitrogens with zero attached hydrogens (tertiary/aromatic N) is 2. The van der Waals surface area contributed by atoms with E-state index in [1.165, 1.54) is 6.20 Å². The molecule has 108 valence electrons. The topological polar surface area (TPSA) is 82.2 Å². The van der Waals surface area contributed by atoms with Crippen LogP contribution in [0.1, 0.15) is 37.7 Å². The van der Waals surface area contributed by atoms with Gasteiger partial charge >= 0.3 is 0 Å². The molecule has 0 spiro atoms. The van der Waals surface area contributed by atoms with Gasteiger partial charge in [-0.2, -0.15) is 5.10 Å². The lowest BCUT2D eigenvalue weighted by Gasteiger charge is -2.09. The number of carbonyl (C=O) groups excluding carboxylic acids is 1. The average Bonchev–Trinajstić information content (AvgIpc) is 2.74. The molecular formula is C13H24N4O2. The lowest BCUT2D eigenvalue weighted by Crippen LogP contribution is -2.28. The number of anilines is 1. The number of hydrogen-bond acceptors (Lipinski definition) is 4. The van der Waals surface area contributed by atoms with Crippen LogP contribution in [-0.2, 0) is 11.3 Å². The molecule has 6 heteroatoms. The number of aryl methyl sites for hydroxylation is 1. The summed E-state index contributed by atoms with van der Waals surface area (Å²) in [4.78, 5) is 12.0. The van der Waals surface area contributed by atoms with Crippen LogP contribution in [0, 0.1) is 5.92 Å². The smallest absolute Gasteiger partial charge is 0.271 e. The van der Waals surface area contributed by atoms with Crippen LogP contribution in [0.4, 0.5) is 5.69 Å². The van der Waals surface area contributed by atoms with E-state index in [1.807, 2.05) is 6.92 Å². The highest BCUT2D eigenvalue weighted by Crippen LogP contribution is 2.10. The fourth-order valence-electron chi connectivity index (χ4n) is 1.67. The van der Waals surface area contributed by atoms with Crippen molar-refractivity contribution in [1.82, 2.24) is 15.1 Å². The molecule has 1 rings (SSSR count). The zero-order valence-corrected chi connectivity index (χ0v) is 12.0. The molecular weight excluding hydrogens is 244 g/mol. The van der Waals surface area contributed by atoms with Crippen LogP contribution in [0.3, 0.4) is 0 Å². The number of nitrogen functional groups attached to an aromatic ring is 1. The lowest BCUT2D eigenvalue weighted by atomic mass is 10.2. The predicted octanol–water partition coefficient (Wildman–Crippen LogP) is 1.28. The Hall–Kier alpha value is -1.56. The van der Waals surface area contributed by atoms with Gasteiger partial charge in [0.1, 0.15) is 5.69 Å². The Balaban J connectivity index is 2.29. The first-order chi connectivity index (χ1) is 9.06. The van der Waals surface area contributed by atoms with Gasteiger partial charge in [-0.1, -0.05) is 13.8 Å². The Morgan fingerprint density at radius 1 is 1.58 bits per heavy atom. The van der Waals surface area contributed by atoms with Crippen LogP contribution < -0.4 is 11.1 Å². The Labute approximate surface area is 114 Å². The minimum absolute atomic E-state index is 0.180. The molecule has 0 saturated carbocycles. The van der Waals surface area contributed by atoms with Crippen LogP contribution in [-0.4, -0.2) is 35.4 Å². The Morgan fingerprint density at radius 2 is 2.32 bits per heavy atom. The summed E-state index contributed by atoms with van der Waals surface area (Å²) in [7, 11) is 0. The van der Waals surface area contributed by atoms with Crippen molar-refractivity contribution in [2.45, 2.75) is 33.7 Å². The summed E-state index contributed by atoms with van der Waals surface area (Å²) in [6, 6.07) is 0. The minimum atomic E-state index is -0.180. The molecule has 0 atom stereocenters. The Morgan fingerprint density at radius 3 is 2.95 bits per heavy atom. The van der Waals surface area contributed by atoms with Crippen molar-refractivity contribution in [1.29, 1.82) is 0 Å². The van der Waals surface area contributed by atoms with Crippen molar-refractivity contribution in [3.63, 3.8) is 0 Å². The van der Waals surface area contributed by atoms with E-state index < -0.39 is 0 Å². The lowest BCUT2D eigenvalue weighted by molar-refractivity contribution is 0.0916. The van der Waals surface area contributed by atoms with E-state index in [1.54, 1.807) is 4.68 Å². The molecule has 1 heterocycles. The van der Waals surface area contributed by atoms with Gasteiger partial charge in [0.2, 0.25) is 0 Å². The van der Waals surface area contributed by atoms with E-state index in [0.29, 0.717) is 37.0 Å². The molecule has 0 aliphatic heterocycles. The molecule has 0 aromatic carbocycles. The van der Waals surface area contributed by atoms with E-state index in [-0.39, 0.29) is 5.91 Å². The molecule has 1 aromatic rings. The largest absolute Gasteiger partial charge is 0.396 e. The standard InChI is InChI=1S/C13H24N4O2/c1-4-17-12(11(14)8-16-17)13(18)15-6-5-7-19-9-10(2)3/h8,10H,4-7,9,14H2,1-3H3,(H,15,18). The zero-order valence-electron chi connectivity index (χ0n) is 12.0. The maximum atomic E-state index is 12.0. The molecule has 19 heavy (non-hydrogen) atoms. The fourth-order valence-corrected chi connectivity index (χ4v) is 1.67. The number of ether oxygens (including phenoxy) is 1. The Bertz CT molecular complexity index is 401. The van der Waals surface area contributed by atoms with E-state index in [2.05, 4.69) is 24.3 Å². The summed E-state index contributed by atoms with van der Waals surface area (Å²) in [5, 5.41) is 6.87. The molecule has 0 aliphatic rings. The molecule has 0 bridgehead atoms. The van der Waals surface area contributed by atoms with Gasteiger partial charge in [-0.25, -0.2) is 0 Å². The predicted molar refractivity (Wildman–Crippen MR) is 74.9 cm³/mol. The average molecular weight is 268 g/mol. The number of nitrogens with one attached hydrogen (secondary N) is 1. The second-order valence-corrected chi connectivity index (χ2v) is 4.84. The summed E-state index contributed by atoms with van der Waals surface area (Å²) in [6.45, 7) is 8.74. The van der Waals surface area contributed by atoms with Gasteiger partial charge in [-0.05, 0) is 19.3 Å². The first-order valence-corrected chi connectivity index (χ1v) is 6.73. The highest BCUT2D eigenvalue weighted by molar-refractivity contribution is 5.97. The van der Waals surface area contributed by atoms with Gasteiger partial charge in [-0.3, -0.25) is 9.48 Å². The quantitative estimate of drug-likeness (QED) is 0.696. The van der Waals surface area contributed by atoms with Crippen LogP contribution in [0.5, 0.6) is 0 Å². The molecule has 3 N–H and O–H groups in total. The minimum Gasteiger partial charge on any atom is -0.396 e. The van der Waals surface area contributed by atoms with Crippen molar-refractivity contribution in [3.8, 4) is 0 Å². The molecule has 6 nitrogen and oxygen atoms in total. The third kappa shape index (κ3) is 4.90. The normalized spacial score (nSPS) is 10.9. The summed E-state index contributed by atoms with van der Waals surface area (Å²) in [5.74, 6) is 0.356. The highest BCUT2D eigenvalue weighted by Gasteiger charge is 2.15. The maximum Gasteiger partial charge on any atom is 0.271 e. The summed E-state index contributed by atoms with van der Waals surface area (Å²) >= 11 is 0. The molecule has 1 amide bonds. The zero-order chi connectivity index (χ0) is 14.3. The van der Waals surface area contributed by atoms with Crippen molar-refractivity contribution in [2.24, 2.45) is 5.92 Å². The second kappa shape index (κ2) is 7.78. The van der Waals surface area contributed by atoms with Gasteiger partial charge < -0.3 is 15.8 Å². The second-order valence-electron chi connectivity index (χ2n) is 4.84. The van der Waals surface area contributed by atoms with Crippen molar-refractivity contribution >= 4 is 11.6 Å². The summed E-state index contributed by atoms with van der Waals surface area (Å²) in [5.41, 5.74) is 6.58. The third-order valence-electron chi connectivity index (χ3n) is 2.58. The van der Waals surface area contributed by atoms with E-state index in [0.717, 1.165) is 13.0 Å². The fraction of sp³-hybridized carbons (Fsp3) is 0.692. The van der Waals surface area contributed by atoms with Gasteiger partial charge in [-0.15, -0.1) is 0 Å². The van der Waals surface area contributed by atoms with Gasteiger partial charge in [0, 0.05) is 26.3 Å². The molecule has 0 radical (unpaired) electrons.